The zero-order valence-electron chi connectivity index (χ0n) is 10.2. The third kappa shape index (κ3) is 1.54. The topological polar surface area (TPSA) is 48.0 Å². The molecule has 0 aliphatic carbocycles. The molecule has 0 unspecified atom stereocenters. The van der Waals surface area contributed by atoms with Gasteiger partial charge in [0.2, 0.25) is 5.78 Å². The SMILES string of the molecule is Cc1c(C(=O)c2cc3ccccc3o2)cnn1C. The number of benzene rings is 1. The summed E-state index contributed by atoms with van der Waals surface area (Å²) in [6.45, 7) is 1.86. The van der Waals surface area contributed by atoms with E-state index in [-0.39, 0.29) is 5.78 Å². The first-order valence-electron chi connectivity index (χ1n) is 5.68. The van der Waals surface area contributed by atoms with Gasteiger partial charge in [-0.2, -0.15) is 5.10 Å². The first-order valence-corrected chi connectivity index (χ1v) is 5.68. The van der Waals surface area contributed by atoms with Crippen LogP contribution in [0.3, 0.4) is 0 Å². The minimum atomic E-state index is -0.128. The number of nitrogens with zero attached hydrogens (tertiary/aromatic N) is 2. The van der Waals surface area contributed by atoms with Crippen molar-refractivity contribution in [2.45, 2.75) is 6.92 Å². The number of para-hydroxylation sites is 1. The number of carbonyl (C=O) groups is 1. The lowest BCUT2D eigenvalue weighted by Gasteiger charge is -1.96. The molecule has 0 saturated carbocycles. The van der Waals surface area contributed by atoms with Crippen LogP contribution in [0.25, 0.3) is 11.0 Å². The van der Waals surface area contributed by atoms with Crippen LogP contribution in [-0.2, 0) is 7.05 Å². The number of fused-ring (bicyclic) bond motifs is 1. The molecule has 0 saturated heterocycles. The first-order chi connectivity index (χ1) is 8.66. The molecule has 0 amide bonds. The molecule has 0 spiro atoms. The van der Waals surface area contributed by atoms with Gasteiger partial charge in [0.25, 0.3) is 0 Å². The monoisotopic (exact) mass is 240 g/mol. The highest BCUT2D eigenvalue weighted by molar-refractivity contribution is 6.09. The van der Waals surface area contributed by atoms with E-state index >= 15 is 0 Å². The molecular weight excluding hydrogens is 228 g/mol. The van der Waals surface area contributed by atoms with Gasteiger partial charge in [0.1, 0.15) is 5.58 Å². The van der Waals surface area contributed by atoms with Crippen LogP contribution in [0.5, 0.6) is 0 Å². The Morgan fingerprint density at radius 1 is 1.33 bits per heavy atom. The predicted octanol–water partition coefficient (Wildman–Crippen LogP) is 2.71. The highest BCUT2D eigenvalue weighted by atomic mass is 16.3. The summed E-state index contributed by atoms with van der Waals surface area (Å²) in [5.41, 5.74) is 2.14. The molecule has 0 atom stereocenters. The Balaban J connectivity index is 2.09. The summed E-state index contributed by atoms with van der Waals surface area (Å²) in [6, 6.07) is 9.34. The van der Waals surface area contributed by atoms with Crippen LogP contribution in [0.15, 0.2) is 40.9 Å². The Bertz CT molecular complexity index is 704. The molecule has 2 aromatic heterocycles. The molecule has 0 aliphatic rings. The minimum absolute atomic E-state index is 0.128. The van der Waals surface area contributed by atoms with Gasteiger partial charge in [0.15, 0.2) is 5.76 Å². The lowest BCUT2D eigenvalue weighted by molar-refractivity contribution is 0.101. The van der Waals surface area contributed by atoms with Gasteiger partial charge in [-0.3, -0.25) is 9.48 Å². The largest absolute Gasteiger partial charge is 0.453 e. The summed E-state index contributed by atoms with van der Waals surface area (Å²) in [6.07, 6.45) is 1.57. The van der Waals surface area contributed by atoms with Crippen LogP contribution in [-0.4, -0.2) is 15.6 Å². The van der Waals surface area contributed by atoms with E-state index in [1.54, 1.807) is 16.9 Å². The van der Waals surface area contributed by atoms with Crippen LogP contribution in [0.2, 0.25) is 0 Å². The number of rotatable bonds is 2. The minimum Gasteiger partial charge on any atom is -0.453 e. The number of hydrogen-bond donors (Lipinski definition) is 0. The second kappa shape index (κ2) is 3.84. The average Bonchev–Trinajstić information content (AvgIpc) is 2.94. The average molecular weight is 240 g/mol. The number of aryl methyl sites for hydroxylation is 1. The Labute approximate surface area is 104 Å². The van der Waals surface area contributed by atoms with Gasteiger partial charge in [0, 0.05) is 18.1 Å². The number of carbonyl (C=O) groups excluding carboxylic acids is 1. The zero-order valence-corrected chi connectivity index (χ0v) is 10.2. The van der Waals surface area contributed by atoms with Gasteiger partial charge >= 0.3 is 0 Å². The van der Waals surface area contributed by atoms with E-state index in [1.165, 1.54) is 0 Å². The second-order valence-electron chi connectivity index (χ2n) is 4.24. The molecule has 90 valence electrons. The van der Waals surface area contributed by atoms with Gasteiger partial charge in [-0.05, 0) is 19.1 Å². The fraction of sp³-hybridized carbons (Fsp3) is 0.143. The van der Waals surface area contributed by atoms with Crippen LogP contribution in [0.4, 0.5) is 0 Å². The molecule has 1 aromatic carbocycles. The predicted molar refractivity (Wildman–Crippen MR) is 67.6 cm³/mol. The van der Waals surface area contributed by atoms with E-state index in [4.69, 9.17) is 4.42 Å². The quantitative estimate of drug-likeness (QED) is 0.647. The van der Waals surface area contributed by atoms with Crippen LogP contribution in [0.1, 0.15) is 21.8 Å². The first kappa shape index (κ1) is 10.8. The van der Waals surface area contributed by atoms with E-state index in [0.717, 1.165) is 16.7 Å². The Morgan fingerprint density at radius 3 is 2.78 bits per heavy atom. The van der Waals surface area contributed by atoms with E-state index in [9.17, 15) is 4.79 Å². The molecule has 3 aromatic rings. The van der Waals surface area contributed by atoms with Crippen molar-refractivity contribution in [3.05, 3.63) is 53.5 Å². The molecular formula is C14H12N2O2. The molecule has 0 fully saturated rings. The highest BCUT2D eigenvalue weighted by Crippen LogP contribution is 2.22. The van der Waals surface area contributed by atoms with Gasteiger partial charge in [-0.15, -0.1) is 0 Å². The van der Waals surface area contributed by atoms with Crippen LogP contribution in [0, 0.1) is 6.92 Å². The third-order valence-corrected chi connectivity index (χ3v) is 3.13. The van der Waals surface area contributed by atoms with Crippen molar-refractivity contribution >= 4 is 16.8 Å². The maximum atomic E-state index is 12.3. The van der Waals surface area contributed by atoms with Crippen molar-refractivity contribution in [2.24, 2.45) is 7.05 Å². The van der Waals surface area contributed by atoms with Gasteiger partial charge in [-0.25, -0.2) is 0 Å². The van der Waals surface area contributed by atoms with E-state index in [0.29, 0.717) is 11.3 Å². The smallest absolute Gasteiger partial charge is 0.231 e. The molecule has 0 aliphatic heterocycles. The number of hydrogen-bond acceptors (Lipinski definition) is 3. The normalized spacial score (nSPS) is 11.0. The maximum Gasteiger partial charge on any atom is 0.231 e. The summed E-state index contributed by atoms with van der Waals surface area (Å²) < 4.78 is 7.24. The second-order valence-corrected chi connectivity index (χ2v) is 4.24. The molecule has 2 heterocycles. The van der Waals surface area contributed by atoms with Gasteiger partial charge in [-0.1, -0.05) is 18.2 Å². The molecule has 0 radical (unpaired) electrons. The molecule has 0 N–H and O–H groups in total. The molecule has 3 rings (SSSR count). The van der Waals surface area contributed by atoms with E-state index < -0.39 is 0 Å². The number of furan rings is 1. The van der Waals surface area contributed by atoms with Crippen molar-refractivity contribution in [3.63, 3.8) is 0 Å². The van der Waals surface area contributed by atoms with Crippen molar-refractivity contribution in [1.29, 1.82) is 0 Å². The molecule has 4 nitrogen and oxygen atoms in total. The summed E-state index contributed by atoms with van der Waals surface area (Å²) in [7, 11) is 1.81. The lowest BCUT2D eigenvalue weighted by Crippen LogP contribution is -2.02. The highest BCUT2D eigenvalue weighted by Gasteiger charge is 2.18. The number of ketones is 1. The zero-order chi connectivity index (χ0) is 12.7. The Kier molecular flexibility index (Phi) is 2.30. The van der Waals surface area contributed by atoms with E-state index in [2.05, 4.69) is 5.10 Å². The number of aromatic nitrogens is 2. The van der Waals surface area contributed by atoms with Crippen molar-refractivity contribution in [3.8, 4) is 0 Å². The van der Waals surface area contributed by atoms with E-state index in [1.807, 2.05) is 38.2 Å². The molecule has 0 bridgehead atoms. The lowest BCUT2D eigenvalue weighted by atomic mass is 10.1. The Morgan fingerprint density at radius 2 is 2.11 bits per heavy atom. The van der Waals surface area contributed by atoms with Crippen molar-refractivity contribution in [2.75, 3.05) is 0 Å². The molecule has 18 heavy (non-hydrogen) atoms. The maximum absolute atomic E-state index is 12.3. The fourth-order valence-electron chi connectivity index (χ4n) is 1.95. The van der Waals surface area contributed by atoms with Crippen LogP contribution >= 0.6 is 0 Å². The van der Waals surface area contributed by atoms with Crippen molar-refractivity contribution < 1.29 is 9.21 Å². The standard InChI is InChI=1S/C14H12N2O2/c1-9-11(8-15-16(9)2)14(17)13-7-10-5-3-4-6-12(10)18-13/h3-8H,1-2H3. The summed E-state index contributed by atoms with van der Waals surface area (Å²) in [5.74, 6) is 0.226. The molecule has 4 heteroatoms. The summed E-state index contributed by atoms with van der Waals surface area (Å²) >= 11 is 0. The summed E-state index contributed by atoms with van der Waals surface area (Å²) in [4.78, 5) is 12.3. The fourth-order valence-corrected chi connectivity index (χ4v) is 1.95. The van der Waals surface area contributed by atoms with Crippen LogP contribution < -0.4 is 0 Å². The van der Waals surface area contributed by atoms with Crippen molar-refractivity contribution in [1.82, 2.24) is 9.78 Å². The summed E-state index contributed by atoms with van der Waals surface area (Å²) in [5, 5.41) is 5.00. The van der Waals surface area contributed by atoms with Gasteiger partial charge in [0.05, 0.1) is 11.8 Å². The Hall–Kier alpha value is -2.36. The van der Waals surface area contributed by atoms with Gasteiger partial charge < -0.3 is 4.42 Å². The third-order valence-electron chi connectivity index (χ3n) is 3.13.